The molecular formula is C6H10O2S4. The van der Waals surface area contributed by atoms with Crippen molar-refractivity contribution in [1.82, 2.24) is 0 Å². The third-order valence-electron chi connectivity index (χ3n) is 0.791. The Bertz CT molecular complexity index is 152. The van der Waals surface area contributed by atoms with Gasteiger partial charge in [0.1, 0.15) is 0 Å². The number of thiocarbonyl (C=S) groups is 2. The number of thiol groups is 1. The molecule has 1 heterocycles. The first kappa shape index (κ1) is 12.5. The Morgan fingerprint density at radius 1 is 1.83 bits per heavy atom. The molecular weight excluding hydrogens is 232 g/mol. The third-order valence-corrected chi connectivity index (χ3v) is 2.23. The highest BCUT2D eigenvalue weighted by molar-refractivity contribution is 8.22. The predicted molar refractivity (Wildman–Crippen MR) is 64.2 cm³/mol. The number of hydrogen-bond donors (Lipinski definition) is 1. The predicted octanol–water partition coefficient (Wildman–Crippen LogP) is 2.27. The van der Waals surface area contributed by atoms with Crippen molar-refractivity contribution in [1.29, 1.82) is 0 Å². The minimum atomic E-state index is 0.317. The second-order valence-corrected chi connectivity index (χ2v) is 4.42. The topological polar surface area (TPSA) is 18.5 Å². The first-order chi connectivity index (χ1) is 5.66. The van der Waals surface area contributed by atoms with Gasteiger partial charge in [-0.3, -0.25) is 0 Å². The highest BCUT2D eigenvalue weighted by atomic mass is 32.2. The lowest BCUT2D eigenvalue weighted by molar-refractivity contribution is 0.346. The van der Waals surface area contributed by atoms with E-state index in [-0.39, 0.29) is 0 Å². The van der Waals surface area contributed by atoms with E-state index in [0.29, 0.717) is 15.4 Å². The molecule has 0 bridgehead atoms. The first-order valence-electron chi connectivity index (χ1n) is 3.32. The van der Waals surface area contributed by atoms with E-state index in [1.54, 1.807) is 11.8 Å². The van der Waals surface area contributed by atoms with Gasteiger partial charge in [0.05, 0.1) is 13.2 Å². The van der Waals surface area contributed by atoms with Gasteiger partial charge in [0, 0.05) is 5.75 Å². The van der Waals surface area contributed by atoms with Gasteiger partial charge in [0.25, 0.3) is 0 Å². The van der Waals surface area contributed by atoms with Crippen molar-refractivity contribution < 1.29 is 9.47 Å². The molecule has 1 fully saturated rings. The van der Waals surface area contributed by atoms with Crippen LogP contribution in [-0.2, 0) is 9.47 Å². The summed E-state index contributed by atoms with van der Waals surface area (Å²) in [5, 5.41) is 0. The molecule has 0 aliphatic carbocycles. The summed E-state index contributed by atoms with van der Waals surface area (Å²) in [6, 6.07) is 0. The Kier molecular flexibility index (Phi) is 8.42. The molecule has 1 saturated heterocycles. The van der Waals surface area contributed by atoms with E-state index in [0.717, 1.165) is 12.4 Å². The van der Waals surface area contributed by atoms with Crippen molar-refractivity contribution in [3.63, 3.8) is 0 Å². The highest BCUT2D eigenvalue weighted by Gasteiger charge is 2.04. The lowest BCUT2D eigenvalue weighted by Gasteiger charge is -1.92. The molecule has 2 nitrogen and oxygen atoms in total. The molecule has 12 heavy (non-hydrogen) atoms. The Morgan fingerprint density at radius 2 is 2.50 bits per heavy atom. The fourth-order valence-electron chi connectivity index (χ4n) is 0.415. The summed E-state index contributed by atoms with van der Waals surface area (Å²) in [5.41, 5.74) is 0. The fourth-order valence-corrected chi connectivity index (χ4v) is 1.50. The van der Waals surface area contributed by atoms with Crippen molar-refractivity contribution >= 4 is 57.6 Å². The van der Waals surface area contributed by atoms with Crippen LogP contribution in [0.3, 0.4) is 0 Å². The normalized spacial score (nSPS) is 14.3. The standard InChI is InChI=1S/C3H4OS2.C3H6OS2/c5-3-4-1-2-6-3;1-2-4-3(5)6/h1-2H2;2H2,1H3,(H,5,6). The van der Waals surface area contributed by atoms with Gasteiger partial charge in [-0.15, -0.1) is 0 Å². The van der Waals surface area contributed by atoms with Crippen LogP contribution in [0.1, 0.15) is 6.92 Å². The second-order valence-electron chi connectivity index (χ2n) is 1.65. The lowest BCUT2D eigenvalue weighted by atomic mass is 10.9. The van der Waals surface area contributed by atoms with Crippen molar-refractivity contribution in [2.24, 2.45) is 0 Å². The van der Waals surface area contributed by atoms with E-state index in [4.69, 9.17) is 4.74 Å². The Hall–Kier alpha value is 0.480. The summed E-state index contributed by atoms with van der Waals surface area (Å²) in [6.45, 7) is 3.29. The minimum Gasteiger partial charge on any atom is -0.479 e. The Morgan fingerprint density at radius 3 is 2.58 bits per heavy atom. The van der Waals surface area contributed by atoms with Crippen LogP contribution in [0.2, 0.25) is 0 Å². The highest BCUT2D eigenvalue weighted by Crippen LogP contribution is 2.11. The summed E-state index contributed by atoms with van der Waals surface area (Å²) in [6.07, 6.45) is 0. The zero-order chi connectivity index (χ0) is 9.40. The van der Waals surface area contributed by atoms with Crippen LogP contribution in [-0.4, -0.2) is 27.7 Å². The van der Waals surface area contributed by atoms with Crippen LogP contribution in [0, 0.1) is 0 Å². The quantitative estimate of drug-likeness (QED) is 0.560. The fraction of sp³-hybridized carbons (Fsp3) is 0.667. The number of thioether (sulfide) groups is 1. The third kappa shape index (κ3) is 8.58. The van der Waals surface area contributed by atoms with Gasteiger partial charge in [0.15, 0.2) is 0 Å². The molecule has 0 saturated carbocycles. The van der Waals surface area contributed by atoms with Crippen LogP contribution < -0.4 is 0 Å². The van der Waals surface area contributed by atoms with E-state index < -0.39 is 0 Å². The summed E-state index contributed by atoms with van der Waals surface area (Å²) in [4.78, 5) is 0. The smallest absolute Gasteiger partial charge is 0.220 e. The average Bonchev–Trinajstić information content (AvgIpc) is 2.40. The zero-order valence-electron chi connectivity index (χ0n) is 6.61. The maximum atomic E-state index is 4.85. The summed E-state index contributed by atoms with van der Waals surface area (Å²) >= 11 is 14.4. The van der Waals surface area contributed by atoms with E-state index in [1.165, 1.54) is 0 Å². The van der Waals surface area contributed by atoms with E-state index in [2.05, 4.69) is 41.8 Å². The molecule has 0 amide bonds. The number of hydrogen-bond acceptors (Lipinski definition) is 5. The van der Waals surface area contributed by atoms with E-state index in [9.17, 15) is 0 Å². The van der Waals surface area contributed by atoms with Crippen LogP contribution in [0.4, 0.5) is 0 Å². The van der Waals surface area contributed by atoms with Gasteiger partial charge in [-0.05, 0) is 31.4 Å². The summed E-state index contributed by atoms with van der Waals surface area (Å²) < 4.78 is 10.5. The van der Waals surface area contributed by atoms with E-state index >= 15 is 0 Å². The average molecular weight is 242 g/mol. The molecule has 0 unspecified atom stereocenters. The largest absolute Gasteiger partial charge is 0.479 e. The van der Waals surface area contributed by atoms with Crippen LogP contribution >= 0.6 is 48.8 Å². The number of rotatable bonds is 1. The molecule has 6 heteroatoms. The SMILES string of the molecule is CCOC(=S)S.S=C1OCCS1. The molecule has 0 aromatic rings. The van der Waals surface area contributed by atoms with Gasteiger partial charge < -0.3 is 9.47 Å². The lowest BCUT2D eigenvalue weighted by Crippen LogP contribution is -1.89. The molecule has 1 rings (SSSR count). The molecule has 0 spiro atoms. The van der Waals surface area contributed by atoms with Crippen LogP contribution in [0.15, 0.2) is 0 Å². The van der Waals surface area contributed by atoms with Gasteiger partial charge >= 0.3 is 0 Å². The molecule has 0 atom stereocenters. The van der Waals surface area contributed by atoms with Gasteiger partial charge in [0.2, 0.25) is 8.77 Å². The Labute approximate surface area is 92.8 Å². The van der Waals surface area contributed by atoms with Crippen LogP contribution in [0.5, 0.6) is 0 Å². The van der Waals surface area contributed by atoms with Gasteiger partial charge in [-0.25, -0.2) is 0 Å². The molecule has 0 aromatic carbocycles. The Balaban J connectivity index is 0.000000202. The van der Waals surface area contributed by atoms with Gasteiger partial charge in [-0.1, -0.05) is 24.4 Å². The van der Waals surface area contributed by atoms with Crippen molar-refractivity contribution in [3.05, 3.63) is 0 Å². The molecule has 1 aliphatic heterocycles. The summed E-state index contributed by atoms with van der Waals surface area (Å²) in [5.74, 6) is 1.04. The number of ether oxygens (including phenoxy) is 2. The second kappa shape index (κ2) is 8.10. The maximum absolute atomic E-state index is 4.85. The maximum Gasteiger partial charge on any atom is 0.220 e. The molecule has 0 N–H and O–H groups in total. The summed E-state index contributed by atoms with van der Waals surface area (Å²) in [7, 11) is 0. The molecule has 1 aliphatic rings. The molecule has 0 aromatic heterocycles. The first-order valence-corrected chi connectivity index (χ1v) is 5.57. The molecule has 0 radical (unpaired) electrons. The minimum absolute atomic E-state index is 0.317. The van der Waals surface area contributed by atoms with E-state index in [1.807, 2.05) is 6.92 Å². The van der Waals surface area contributed by atoms with Crippen molar-refractivity contribution in [2.75, 3.05) is 19.0 Å². The zero-order valence-corrected chi connectivity index (χ0v) is 9.95. The molecule has 70 valence electrons. The van der Waals surface area contributed by atoms with Gasteiger partial charge in [-0.2, -0.15) is 0 Å². The van der Waals surface area contributed by atoms with Crippen molar-refractivity contribution in [3.8, 4) is 0 Å². The monoisotopic (exact) mass is 242 g/mol. The van der Waals surface area contributed by atoms with Crippen molar-refractivity contribution in [2.45, 2.75) is 6.92 Å². The van der Waals surface area contributed by atoms with Crippen LogP contribution in [0.25, 0.3) is 0 Å².